The number of Topliss-reactive ketones (excluding diaryl/α,β-unsaturated/α-hetero) is 1. The van der Waals surface area contributed by atoms with E-state index in [1.165, 1.54) is 10.9 Å². The number of carbonyl (C=O) groups excluding carboxylic acids is 2. The molecule has 108 valence electrons. The van der Waals surface area contributed by atoms with Crippen molar-refractivity contribution in [3.63, 3.8) is 0 Å². The molecule has 3 rings (SSSR count). The summed E-state index contributed by atoms with van der Waals surface area (Å²) in [6.45, 7) is 2.30. The minimum absolute atomic E-state index is 0.0541. The number of aryl methyl sites for hydroxylation is 1. The molecule has 21 heavy (non-hydrogen) atoms. The first-order chi connectivity index (χ1) is 10.1. The van der Waals surface area contributed by atoms with Crippen LogP contribution in [0.3, 0.4) is 0 Å². The number of fused-ring (bicyclic) bond motifs is 1. The molecule has 0 amide bonds. The van der Waals surface area contributed by atoms with E-state index in [2.05, 4.69) is 5.10 Å². The lowest BCUT2D eigenvalue weighted by atomic mass is 10.0. The number of H-pyrrole nitrogens is 1. The Balaban J connectivity index is 2.02. The number of carbonyl (C=O) groups is 2. The first-order valence-electron chi connectivity index (χ1n) is 6.74. The summed E-state index contributed by atoms with van der Waals surface area (Å²) < 4.78 is 1.37. The van der Waals surface area contributed by atoms with Crippen LogP contribution in [-0.4, -0.2) is 27.1 Å². The van der Waals surface area contributed by atoms with Gasteiger partial charge in [-0.05, 0) is 25.1 Å². The highest BCUT2D eigenvalue weighted by Gasteiger charge is 2.21. The second-order valence-electron chi connectivity index (χ2n) is 4.80. The molecule has 0 spiro atoms. The fourth-order valence-corrected chi connectivity index (χ4v) is 3.36. The lowest BCUT2D eigenvalue weighted by molar-refractivity contribution is 0.0985. The van der Waals surface area contributed by atoms with Gasteiger partial charge in [0.05, 0.1) is 0 Å². The largest absolute Gasteiger partial charge is 0.302 e. The molecule has 1 aliphatic heterocycles. The molecule has 0 fully saturated rings. The van der Waals surface area contributed by atoms with Crippen LogP contribution >= 0.6 is 11.8 Å². The van der Waals surface area contributed by atoms with Crippen molar-refractivity contribution in [1.82, 2.24) is 9.78 Å². The maximum Gasteiger partial charge on any atom is 0.277 e. The smallest absolute Gasteiger partial charge is 0.277 e. The van der Waals surface area contributed by atoms with Crippen molar-refractivity contribution in [2.24, 2.45) is 0 Å². The van der Waals surface area contributed by atoms with Gasteiger partial charge in [-0.15, -0.1) is 11.8 Å². The van der Waals surface area contributed by atoms with Crippen LogP contribution in [0, 0.1) is 0 Å². The summed E-state index contributed by atoms with van der Waals surface area (Å²) in [6, 6.07) is 5.07. The predicted molar refractivity (Wildman–Crippen MR) is 80.3 cm³/mol. The number of hydrogen-bond donors (Lipinski definition) is 1. The minimum atomic E-state index is -0.352. The van der Waals surface area contributed by atoms with E-state index in [9.17, 15) is 14.4 Å². The summed E-state index contributed by atoms with van der Waals surface area (Å²) in [5.74, 6) is 0.478. The van der Waals surface area contributed by atoms with E-state index in [4.69, 9.17) is 0 Å². The fraction of sp³-hybridized carbons (Fsp3) is 0.267. The van der Waals surface area contributed by atoms with E-state index in [-0.39, 0.29) is 22.7 Å². The van der Waals surface area contributed by atoms with Gasteiger partial charge in [-0.2, -0.15) is 0 Å². The number of rotatable bonds is 3. The summed E-state index contributed by atoms with van der Waals surface area (Å²) in [4.78, 5) is 37.3. The number of aromatic nitrogens is 2. The molecule has 2 heterocycles. The molecule has 1 N–H and O–H groups in total. The zero-order valence-electron chi connectivity index (χ0n) is 11.5. The minimum Gasteiger partial charge on any atom is -0.302 e. The zero-order valence-corrected chi connectivity index (χ0v) is 12.3. The zero-order chi connectivity index (χ0) is 15.0. The molecule has 1 aromatic heterocycles. The van der Waals surface area contributed by atoms with Gasteiger partial charge in [0, 0.05) is 40.9 Å². The van der Waals surface area contributed by atoms with Gasteiger partial charge in [0.1, 0.15) is 5.56 Å². The molecule has 1 aliphatic rings. The Hall–Kier alpha value is -2.08. The Labute approximate surface area is 125 Å². The van der Waals surface area contributed by atoms with Crippen molar-refractivity contribution >= 4 is 23.3 Å². The number of nitrogens with zero attached hydrogens (tertiary/aromatic N) is 1. The van der Waals surface area contributed by atoms with E-state index < -0.39 is 0 Å². The van der Waals surface area contributed by atoms with E-state index in [0.717, 1.165) is 10.6 Å². The van der Waals surface area contributed by atoms with Gasteiger partial charge in [-0.1, -0.05) is 0 Å². The maximum absolute atomic E-state index is 12.4. The van der Waals surface area contributed by atoms with Crippen LogP contribution in [0.25, 0.3) is 0 Å². The van der Waals surface area contributed by atoms with Crippen LogP contribution in [0.15, 0.2) is 34.1 Å². The highest BCUT2D eigenvalue weighted by Crippen LogP contribution is 2.30. The van der Waals surface area contributed by atoms with Crippen molar-refractivity contribution in [3.05, 3.63) is 51.4 Å². The molecule has 2 aromatic rings. The van der Waals surface area contributed by atoms with E-state index in [1.54, 1.807) is 30.0 Å². The normalized spacial score (nSPS) is 14.0. The standard InChI is InChI=1S/C15H14N2O3S/c1-2-17-15(20)11(8-16-17)14(19)9-3-4-13-10(7-9)12(18)5-6-21-13/h3-4,7-8,16H,2,5-6H2,1H3. The Kier molecular flexibility index (Phi) is 3.55. The van der Waals surface area contributed by atoms with Gasteiger partial charge < -0.3 is 5.10 Å². The Morgan fingerprint density at radius 3 is 2.90 bits per heavy atom. The molecule has 0 aliphatic carbocycles. The number of hydrogen-bond acceptors (Lipinski definition) is 4. The van der Waals surface area contributed by atoms with Crippen LogP contribution in [0.2, 0.25) is 0 Å². The van der Waals surface area contributed by atoms with Crippen LogP contribution in [0.1, 0.15) is 39.6 Å². The van der Waals surface area contributed by atoms with Crippen molar-refractivity contribution in [3.8, 4) is 0 Å². The van der Waals surface area contributed by atoms with Crippen molar-refractivity contribution < 1.29 is 9.59 Å². The van der Waals surface area contributed by atoms with Gasteiger partial charge >= 0.3 is 0 Å². The summed E-state index contributed by atoms with van der Waals surface area (Å²) >= 11 is 1.62. The van der Waals surface area contributed by atoms with Gasteiger partial charge in [0.15, 0.2) is 11.6 Å². The average molecular weight is 302 g/mol. The molecule has 0 saturated heterocycles. The molecule has 0 saturated carbocycles. The molecule has 0 bridgehead atoms. The third-order valence-corrected chi connectivity index (χ3v) is 4.61. The summed E-state index contributed by atoms with van der Waals surface area (Å²) in [7, 11) is 0. The Morgan fingerprint density at radius 2 is 2.19 bits per heavy atom. The van der Waals surface area contributed by atoms with Crippen molar-refractivity contribution in [1.29, 1.82) is 0 Å². The van der Waals surface area contributed by atoms with Crippen molar-refractivity contribution in [2.45, 2.75) is 24.8 Å². The SMILES string of the molecule is CCn1[nH]cc(C(=O)c2ccc3c(c2)C(=O)CCS3)c1=O. The molecule has 6 heteroatoms. The van der Waals surface area contributed by atoms with Gasteiger partial charge in [0.25, 0.3) is 5.56 Å². The summed E-state index contributed by atoms with van der Waals surface area (Å²) in [5, 5.41) is 2.76. The lowest BCUT2D eigenvalue weighted by Crippen LogP contribution is -2.21. The van der Waals surface area contributed by atoms with Gasteiger partial charge in [0.2, 0.25) is 0 Å². The topological polar surface area (TPSA) is 71.9 Å². The predicted octanol–water partition coefficient (Wildman–Crippen LogP) is 2.11. The summed E-state index contributed by atoms with van der Waals surface area (Å²) in [6.07, 6.45) is 1.91. The highest BCUT2D eigenvalue weighted by atomic mass is 32.2. The number of nitrogens with one attached hydrogen (secondary N) is 1. The third-order valence-electron chi connectivity index (χ3n) is 3.53. The van der Waals surface area contributed by atoms with E-state index in [0.29, 0.717) is 24.1 Å². The van der Waals surface area contributed by atoms with Gasteiger partial charge in [-0.25, -0.2) is 0 Å². The fourth-order valence-electron chi connectivity index (χ4n) is 2.36. The number of thioether (sulfide) groups is 1. The van der Waals surface area contributed by atoms with Gasteiger partial charge in [-0.3, -0.25) is 19.1 Å². The van der Waals surface area contributed by atoms with E-state index in [1.807, 2.05) is 6.92 Å². The molecular weight excluding hydrogens is 288 g/mol. The number of ketones is 2. The first kappa shape index (κ1) is 13.9. The van der Waals surface area contributed by atoms with Crippen LogP contribution < -0.4 is 5.56 Å². The number of benzene rings is 1. The molecule has 0 atom stereocenters. The van der Waals surface area contributed by atoms with E-state index >= 15 is 0 Å². The molecular formula is C15H14N2O3S. The molecule has 0 unspecified atom stereocenters. The Bertz CT molecular complexity index is 788. The van der Waals surface area contributed by atoms with Crippen LogP contribution in [-0.2, 0) is 6.54 Å². The second kappa shape index (κ2) is 5.37. The molecule has 5 nitrogen and oxygen atoms in total. The highest BCUT2D eigenvalue weighted by molar-refractivity contribution is 7.99. The molecule has 0 radical (unpaired) electrons. The average Bonchev–Trinajstić information content (AvgIpc) is 2.87. The summed E-state index contributed by atoms with van der Waals surface area (Å²) in [5.41, 5.74) is 0.737. The quantitative estimate of drug-likeness (QED) is 0.881. The number of aromatic amines is 1. The monoisotopic (exact) mass is 302 g/mol. The Morgan fingerprint density at radius 1 is 1.38 bits per heavy atom. The maximum atomic E-state index is 12.4. The molecule has 1 aromatic carbocycles. The third kappa shape index (κ3) is 2.35. The second-order valence-corrected chi connectivity index (χ2v) is 5.93. The first-order valence-corrected chi connectivity index (χ1v) is 7.73. The van der Waals surface area contributed by atoms with Crippen molar-refractivity contribution in [2.75, 3.05) is 5.75 Å². The van der Waals surface area contributed by atoms with Crippen LogP contribution in [0.4, 0.5) is 0 Å². The lowest BCUT2D eigenvalue weighted by Gasteiger charge is -2.14. The van der Waals surface area contributed by atoms with Crippen LogP contribution in [0.5, 0.6) is 0 Å².